The minimum atomic E-state index is -0.852. The Morgan fingerprint density at radius 3 is 2.70 bits per heavy atom. The Morgan fingerprint density at radius 2 is 1.95 bits per heavy atom. The smallest absolute Gasteiger partial charge is 0.201 e. The molecule has 0 bridgehead atoms. The summed E-state index contributed by atoms with van der Waals surface area (Å²) in [5, 5.41) is 0. The maximum atomic E-state index is 13.9. The van der Waals surface area contributed by atoms with Crippen LogP contribution >= 0.6 is 0 Å². The Morgan fingerprint density at radius 1 is 1.20 bits per heavy atom. The molecular weight excluding hydrogens is 260 g/mol. The summed E-state index contributed by atoms with van der Waals surface area (Å²) in [7, 11) is 0. The van der Waals surface area contributed by atoms with Crippen molar-refractivity contribution >= 4 is 17.0 Å². The van der Waals surface area contributed by atoms with E-state index < -0.39 is 11.6 Å². The maximum Gasteiger partial charge on any atom is 0.201 e. The van der Waals surface area contributed by atoms with Gasteiger partial charge in [0.05, 0.1) is 5.52 Å². The van der Waals surface area contributed by atoms with Crippen molar-refractivity contribution in [2.45, 2.75) is 45.1 Å². The molecule has 0 aliphatic heterocycles. The predicted octanol–water partition coefficient (Wildman–Crippen LogP) is 3.87. The van der Waals surface area contributed by atoms with Gasteiger partial charge in [0.2, 0.25) is 5.95 Å². The molecule has 20 heavy (non-hydrogen) atoms. The third-order valence-corrected chi connectivity index (χ3v) is 4.31. The van der Waals surface area contributed by atoms with Crippen LogP contribution in [0.3, 0.4) is 0 Å². The molecule has 0 radical (unpaired) electrons. The first-order valence-corrected chi connectivity index (χ1v) is 7.26. The van der Waals surface area contributed by atoms with Gasteiger partial charge in [-0.2, -0.15) is 0 Å². The van der Waals surface area contributed by atoms with Crippen molar-refractivity contribution in [3.8, 4) is 0 Å². The van der Waals surface area contributed by atoms with Crippen LogP contribution in [0.4, 0.5) is 14.7 Å². The van der Waals surface area contributed by atoms with E-state index in [-0.39, 0.29) is 11.5 Å². The number of nitrogens with two attached hydrogens (primary N) is 1. The number of aryl methyl sites for hydroxylation is 1. The second-order valence-corrected chi connectivity index (χ2v) is 5.64. The third kappa shape index (κ3) is 2.37. The first-order valence-electron chi connectivity index (χ1n) is 7.26. The average molecular weight is 279 g/mol. The molecule has 1 aromatic carbocycles. The average Bonchev–Trinajstić information content (AvgIpc) is 2.78. The number of rotatable bonds is 3. The molecule has 1 saturated carbocycles. The van der Waals surface area contributed by atoms with Gasteiger partial charge in [-0.25, -0.2) is 13.8 Å². The zero-order valence-electron chi connectivity index (χ0n) is 11.4. The number of benzene rings is 1. The highest BCUT2D eigenvalue weighted by Crippen LogP contribution is 2.29. The molecule has 1 aliphatic carbocycles. The van der Waals surface area contributed by atoms with Crippen LogP contribution < -0.4 is 5.73 Å². The van der Waals surface area contributed by atoms with Crippen LogP contribution in [0.1, 0.15) is 38.5 Å². The van der Waals surface area contributed by atoms with Gasteiger partial charge in [0.15, 0.2) is 11.6 Å². The summed E-state index contributed by atoms with van der Waals surface area (Å²) in [6.07, 6.45) is 7.26. The molecule has 0 atom stereocenters. The van der Waals surface area contributed by atoms with Gasteiger partial charge in [-0.15, -0.1) is 0 Å². The fourth-order valence-corrected chi connectivity index (χ4v) is 3.19. The molecule has 3 rings (SSSR count). The van der Waals surface area contributed by atoms with E-state index in [0.717, 1.165) is 12.5 Å². The number of anilines is 1. The van der Waals surface area contributed by atoms with Gasteiger partial charge in [0.1, 0.15) is 5.52 Å². The van der Waals surface area contributed by atoms with Crippen molar-refractivity contribution in [1.29, 1.82) is 0 Å². The molecular formula is C15H19F2N3. The van der Waals surface area contributed by atoms with Crippen LogP contribution in [-0.4, -0.2) is 9.55 Å². The van der Waals surface area contributed by atoms with E-state index in [1.807, 2.05) is 0 Å². The fourth-order valence-electron chi connectivity index (χ4n) is 3.19. The van der Waals surface area contributed by atoms with Crippen molar-refractivity contribution in [3.05, 3.63) is 23.8 Å². The highest BCUT2D eigenvalue weighted by atomic mass is 19.2. The molecule has 3 nitrogen and oxygen atoms in total. The molecule has 1 aliphatic rings. The third-order valence-electron chi connectivity index (χ3n) is 4.31. The van der Waals surface area contributed by atoms with E-state index in [4.69, 9.17) is 5.73 Å². The van der Waals surface area contributed by atoms with E-state index in [0.29, 0.717) is 18.0 Å². The Balaban J connectivity index is 1.86. The lowest BCUT2D eigenvalue weighted by atomic mass is 9.87. The molecule has 5 heteroatoms. The zero-order chi connectivity index (χ0) is 14.1. The molecule has 108 valence electrons. The van der Waals surface area contributed by atoms with Crippen LogP contribution in [0.25, 0.3) is 11.0 Å². The van der Waals surface area contributed by atoms with Crippen molar-refractivity contribution in [3.63, 3.8) is 0 Å². The first kappa shape index (κ1) is 13.3. The molecule has 2 aromatic rings. The molecule has 1 aromatic heterocycles. The van der Waals surface area contributed by atoms with Gasteiger partial charge >= 0.3 is 0 Å². The quantitative estimate of drug-likeness (QED) is 0.927. The summed E-state index contributed by atoms with van der Waals surface area (Å²) < 4.78 is 28.9. The highest BCUT2D eigenvalue weighted by Gasteiger charge is 2.18. The number of aromatic nitrogens is 2. The molecule has 2 N–H and O–H groups in total. The lowest BCUT2D eigenvalue weighted by Crippen LogP contribution is -2.12. The predicted molar refractivity (Wildman–Crippen MR) is 75.3 cm³/mol. The number of nitrogens with zero attached hydrogens (tertiary/aromatic N) is 2. The Labute approximate surface area is 116 Å². The minimum Gasteiger partial charge on any atom is -0.369 e. The molecule has 1 fully saturated rings. The normalized spacial score (nSPS) is 16.9. The Hall–Kier alpha value is -1.65. The lowest BCUT2D eigenvalue weighted by molar-refractivity contribution is 0.325. The number of hydrogen-bond acceptors (Lipinski definition) is 2. The van der Waals surface area contributed by atoms with Gasteiger partial charge < -0.3 is 10.3 Å². The molecule has 0 amide bonds. The number of halogens is 2. The molecule has 0 saturated heterocycles. The summed E-state index contributed by atoms with van der Waals surface area (Å²) in [6.45, 7) is 0.605. The van der Waals surface area contributed by atoms with Crippen LogP contribution in [0, 0.1) is 17.6 Å². The van der Waals surface area contributed by atoms with Gasteiger partial charge in [0.25, 0.3) is 0 Å². The van der Waals surface area contributed by atoms with Crippen molar-refractivity contribution in [2.75, 3.05) is 5.73 Å². The van der Waals surface area contributed by atoms with E-state index in [1.54, 1.807) is 4.57 Å². The Bertz CT molecular complexity index is 615. The maximum absolute atomic E-state index is 13.9. The summed E-state index contributed by atoms with van der Waals surface area (Å²) in [5.74, 6) is -0.774. The largest absolute Gasteiger partial charge is 0.369 e. The van der Waals surface area contributed by atoms with E-state index in [1.165, 1.54) is 38.2 Å². The second-order valence-electron chi connectivity index (χ2n) is 5.64. The van der Waals surface area contributed by atoms with E-state index >= 15 is 0 Å². The molecule has 1 heterocycles. The van der Waals surface area contributed by atoms with Crippen LogP contribution in [0.5, 0.6) is 0 Å². The Kier molecular flexibility index (Phi) is 3.59. The van der Waals surface area contributed by atoms with Gasteiger partial charge in [0, 0.05) is 6.54 Å². The van der Waals surface area contributed by atoms with Crippen LogP contribution in [0.15, 0.2) is 12.1 Å². The van der Waals surface area contributed by atoms with Crippen molar-refractivity contribution in [2.24, 2.45) is 5.92 Å². The van der Waals surface area contributed by atoms with E-state index in [9.17, 15) is 8.78 Å². The van der Waals surface area contributed by atoms with E-state index in [2.05, 4.69) is 4.98 Å². The number of nitrogen functional groups attached to an aromatic ring is 1. The lowest BCUT2D eigenvalue weighted by Gasteiger charge is -2.21. The molecule has 0 spiro atoms. The molecule has 0 unspecified atom stereocenters. The monoisotopic (exact) mass is 279 g/mol. The summed E-state index contributed by atoms with van der Waals surface area (Å²) >= 11 is 0. The summed E-state index contributed by atoms with van der Waals surface area (Å²) in [6, 6.07) is 2.57. The summed E-state index contributed by atoms with van der Waals surface area (Å²) in [5.41, 5.74) is 6.46. The van der Waals surface area contributed by atoms with Crippen LogP contribution in [-0.2, 0) is 6.54 Å². The fraction of sp³-hybridized carbons (Fsp3) is 0.533. The zero-order valence-corrected chi connectivity index (χ0v) is 11.4. The topological polar surface area (TPSA) is 43.8 Å². The summed E-state index contributed by atoms with van der Waals surface area (Å²) in [4.78, 5) is 4.11. The standard InChI is InChI=1S/C15H19F2N3/c16-11-6-7-12-14(13(11)17)20(15(18)19-12)9-8-10-4-2-1-3-5-10/h6-7,10H,1-5,8-9H2,(H2,18,19). The first-order chi connectivity index (χ1) is 9.66. The minimum absolute atomic E-state index is 0.193. The highest BCUT2D eigenvalue weighted by molar-refractivity contribution is 5.79. The van der Waals surface area contributed by atoms with Gasteiger partial charge in [-0.3, -0.25) is 0 Å². The van der Waals surface area contributed by atoms with Crippen molar-refractivity contribution in [1.82, 2.24) is 9.55 Å². The van der Waals surface area contributed by atoms with Crippen molar-refractivity contribution < 1.29 is 8.78 Å². The number of hydrogen-bond donors (Lipinski definition) is 1. The van der Waals surface area contributed by atoms with Crippen LogP contribution in [0.2, 0.25) is 0 Å². The second kappa shape index (κ2) is 5.38. The van der Waals surface area contributed by atoms with Gasteiger partial charge in [-0.05, 0) is 24.5 Å². The number of fused-ring (bicyclic) bond motifs is 1. The SMILES string of the molecule is Nc1nc2ccc(F)c(F)c2n1CCC1CCCCC1. The van der Waals surface area contributed by atoms with Gasteiger partial charge in [-0.1, -0.05) is 32.1 Å². The number of imidazole rings is 1.